The van der Waals surface area contributed by atoms with Crippen LogP contribution < -0.4 is 0 Å². The largest absolute Gasteiger partial charge is 0.412 e. The lowest BCUT2D eigenvalue weighted by Gasteiger charge is -2.13. The summed E-state index contributed by atoms with van der Waals surface area (Å²) in [6, 6.07) is 0. The molecule has 100 valence electrons. The molecule has 3 heteroatoms. The molecule has 0 spiro atoms. The Kier molecular flexibility index (Phi) is 5.48. The van der Waals surface area contributed by atoms with Gasteiger partial charge in [0, 0.05) is 29.4 Å². The fraction of sp³-hybridized carbons (Fsp3) is 0.222. The van der Waals surface area contributed by atoms with Crippen LogP contribution in [0.3, 0.4) is 0 Å². The molecule has 0 aromatic heterocycles. The van der Waals surface area contributed by atoms with Crippen LogP contribution in [0.1, 0.15) is 20.8 Å². The second kappa shape index (κ2) is 7.31. The standard InChI is InChI=1S/C18H11NO2/c1-5-6-7-8-9-10-11-12-13-21-14-16-17(20)18(3,4)15(2)19-16/h1,14H,2-4H3/b16-14-. The molecule has 1 aliphatic rings. The van der Waals surface area contributed by atoms with Gasteiger partial charge < -0.3 is 4.74 Å². The number of nitrogens with zero attached hydrogens (tertiary/aromatic N) is 1. The predicted octanol–water partition coefficient (Wildman–Crippen LogP) is 1.52. The monoisotopic (exact) mass is 273 g/mol. The van der Waals surface area contributed by atoms with Gasteiger partial charge in [-0.1, -0.05) is 0 Å². The van der Waals surface area contributed by atoms with E-state index < -0.39 is 5.41 Å². The molecular formula is C18H11NO2. The predicted molar refractivity (Wildman–Crippen MR) is 81.0 cm³/mol. The van der Waals surface area contributed by atoms with E-state index in [1.807, 2.05) is 13.8 Å². The zero-order chi connectivity index (χ0) is 15.7. The van der Waals surface area contributed by atoms with Crippen molar-refractivity contribution in [2.45, 2.75) is 20.8 Å². The van der Waals surface area contributed by atoms with E-state index in [1.54, 1.807) is 6.92 Å². The molecule has 0 saturated heterocycles. The van der Waals surface area contributed by atoms with E-state index >= 15 is 0 Å². The van der Waals surface area contributed by atoms with Crippen LogP contribution in [0.5, 0.6) is 0 Å². The van der Waals surface area contributed by atoms with E-state index in [4.69, 9.17) is 11.2 Å². The number of ketones is 1. The van der Waals surface area contributed by atoms with Gasteiger partial charge >= 0.3 is 0 Å². The Balaban J connectivity index is 2.60. The Morgan fingerprint density at radius 1 is 1.10 bits per heavy atom. The maximum absolute atomic E-state index is 11.9. The summed E-state index contributed by atoms with van der Waals surface area (Å²) in [4.78, 5) is 16.1. The van der Waals surface area contributed by atoms with E-state index in [0.29, 0.717) is 0 Å². The zero-order valence-corrected chi connectivity index (χ0v) is 11.9. The fourth-order valence-electron chi connectivity index (χ4n) is 1.27. The number of aliphatic imine (C=N–C) groups is 1. The number of carbonyl (C=O) groups is 1. The SMILES string of the molecule is C#CC#CC#CC#CC#CO/C=C1\N=C(C)C(C)(C)C1=O. The number of allylic oxidation sites excluding steroid dienone is 1. The van der Waals surface area contributed by atoms with Crippen molar-refractivity contribution in [2.24, 2.45) is 10.4 Å². The highest BCUT2D eigenvalue weighted by molar-refractivity contribution is 6.20. The molecule has 21 heavy (non-hydrogen) atoms. The van der Waals surface area contributed by atoms with Gasteiger partial charge in [-0.15, -0.1) is 6.42 Å². The van der Waals surface area contributed by atoms with Gasteiger partial charge in [-0.05, 0) is 44.5 Å². The van der Waals surface area contributed by atoms with Crippen LogP contribution in [0.4, 0.5) is 0 Å². The lowest BCUT2D eigenvalue weighted by atomic mass is 9.85. The van der Waals surface area contributed by atoms with E-state index in [9.17, 15) is 4.79 Å². The lowest BCUT2D eigenvalue weighted by molar-refractivity contribution is -0.119. The van der Waals surface area contributed by atoms with Crippen LogP contribution in [-0.4, -0.2) is 11.5 Å². The average Bonchev–Trinajstić information content (AvgIpc) is 2.64. The topological polar surface area (TPSA) is 38.7 Å². The van der Waals surface area contributed by atoms with Crippen molar-refractivity contribution in [2.75, 3.05) is 0 Å². The van der Waals surface area contributed by atoms with Crippen LogP contribution in [0.25, 0.3) is 0 Å². The molecule has 3 nitrogen and oxygen atoms in total. The third kappa shape index (κ3) is 4.37. The highest BCUT2D eigenvalue weighted by Gasteiger charge is 2.38. The molecule has 1 rings (SSSR count). The van der Waals surface area contributed by atoms with Crippen LogP contribution in [0.15, 0.2) is 17.0 Å². The third-order valence-corrected chi connectivity index (χ3v) is 2.72. The third-order valence-electron chi connectivity index (χ3n) is 2.72. The maximum Gasteiger partial charge on any atom is 0.195 e. The highest BCUT2D eigenvalue weighted by Crippen LogP contribution is 2.30. The summed E-state index contributed by atoms with van der Waals surface area (Å²) in [7, 11) is 0. The highest BCUT2D eigenvalue weighted by atomic mass is 16.5. The fourth-order valence-corrected chi connectivity index (χ4v) is 1.27. The van der Waals surface area contributed by atoms with Gasteiger partial charge in [0.05, 0.1) is 5.41 Å². The number of ether oxygens (including phenoxy) is 1. The first-order valence-electron chi connectivity index (χ1n) is 5.92. The molecule has 0 saturated carbocycles. The molecule has 0 amide bonds. The van der Waals surface area contributed by atoms with Gasteiger partial charge in [0.25, 0.3) is 0 Å². The quantitative estimate of drug-likeness (QED) is 0.413. The Hall–Kier alpha value is -3.32. The summed E-state index contributed by atoms with van der Waals surface area (Å²) >= 11 is 0. The second-order valence-electron chi connectivity index (χ2n) is 4.39. The average molecular weight is 273 g/mol. The minimum atomic E-state index is -0.586. The van der Waals surface area contributed by atoms with Crippen molar-refractivity contribution in [1.82, 2.24) is 0 Å². The van der Waals surface area contributed by atoms with Crippen molar-refractivity contribution >= 4 is 11.5 Å². The Labute approximate surface area is 124 Å². The molecule has 0 aromatic rings. The summed E-state index contributed by atoms with van der Waals surface area (Å²) < 4.78 is 4.92. The molecule has 0 N–H and O–H groups in total. The number of carbonyl (C=O) groups excluding carboxylic acids is 1. The van der Waals surface area contributed by atoms with Gasteiger partial charge in [0.2, 0.25) is 0 Å². The molecular weight excluding hydrogens is 262 g/mol. The van der Waals surface area contributed by atoms with Crippen molar-refractivity contribution in [1.29, 1.82) is 0 Å². The summed E-state index contributed by atoms with van der Waals surface area (Å²) in [5.41, 5.74) is 0.416. The Morgan fingerprint density at radius 3 is 2.19 bits per heavy atom. The van der Waals surface area contributed by atoms with Gasteiger partial charge in [0.15, 0.2) is 5.78 Å². The van der Waals surface area contributed by atoms with E-state index in [0.717, 1.165) is 5.71 Å². The molecule has 1 aliphatic heterocycles. The van der Waals surface area contributed by atoms with Gasteiger partial charge in [-0.3, -0.25) is 4.79 Å². The molecule has 0 atom stereocenters. The van der Waals surface area contributed by atoms with Crippen molar-refractivity contribution in [3.8, 4) is 59.9 Å². The number of hydrogen-bond acceptors (Lipinski definition) is 3. The van der Waals surface area contributed by atoms with Gasteiger partial charge in [-0.25, -0.2) is 4.99 Å². The van der Waals surface area contributed by atoms with Crippen LogP contribution in [0.2, 0.25) is 0 Å². The minimum absolute atomic E-state index is 0.0918. The summed E-state index contributed by atoms with van der Waals surface area (Å²) in [6.07, 6.45) is 8.45. The van der Waals surface area contributed by atoms with Crippen LogP contribution in [-0.2, 0) is 9.53 Å². The van der Waals surface area contributed by atoms with Crippen molar-refractivity contribution in [3.63, 3.8) is 0 Å². The first-order chi connectivity index (χ1) is 10.00. The smallest absolute Gasteiger partial charge is 0.195 e. The Morgan fingerprint density at radius 2 is 1.67 bits per heavy atom. The van der Waals surface area contributed by atoms with E-state index in [1.165, 1.54) is 6.26 Å². The normalized spacial score (nSPS) is 15.6. The molecule has 0 radical (unpaired) electrons. The first kappa shape index (κ1) is 15.7. The number of hydrogen-bond donors (Lipinski definition) is 0. The van der Waals surface area contributed by atoms with Gasteiger partial charge in [0.1, 0.15) is 18.1 Å². The van der Waals surface area contributed by atoms with Crippen LogP contribution >= 0.6 is 0 Å². The van der Waals surface area contributed by atoms with Gasteiger partial charge in [-0.2, -0.15) is 0 Å². The zero-order valence-electron chi connectivity index (χ0n) is 11.9. The molecule has 0 bridgehead atoms. The maximum atomic E-state index is 11.9. The lowest BCUT2D eigenvalue weighted by Crippen LogP contribution is -2.26. The molecule has 0 fully saturated rings. The van der Waals surface area contributed by atoms with Crippen molar-refractivity contribution in [3.05, 3.63) is 12.0 Å². The molecule has 0 unspecified atom stereocenters. The summed E-state index contributed by atoms with van der Waals surface area (Å²) in [5, 5.41) is 0. The first-order valence-corrected chi connectivity index (χ1v) is 5.92. The molecule has 1 heterocycles. The second-order valence-corrected chi connectivity index (χ2v) is 4.39. The number of terminal acetylenes is 1. The molecule has 0 aliphatic carbocycles. The summed E-state index contributed by atoms with van der Waals surface area (Å²) in [5.74, 6) is 18.9. The minimum Gasteiger partial charge on any atom is -0.412 e. The summed E-state index contributed by atoms with van der Waals surface area (Å²) in [6.45, 7) is 5.43. The Bertz CT molecular complexity index is 802. The van der Waals surface area contributed by atoms with E-state index in [2.05, 4.69) is 58.5 Å². The number of Topliss-reactive ketones (excluding diaryl/α,β-unsaturated/α-hetero) is 1. The number of rotatable bonds is 1. The van der Waals surface area contributed by atoms with Crippen molar-refractivity contribution < 1.29 is 9.53 Å². The van der Waals surface area contributed by atoms with Crippen LogP contribution in [0, 0.1) is 65.3 Å². The molecule has 0 aromatic carbocycles. The van der Waals surface area contributed by atoms with E-state index in [-0.39, 0.29) is 11.5 Å².